The molecule has 5 unspecified atom stereocenters. The minimum atomic E-state index is -0.859. The first-order valence-electron chi connectivity index (χ1n) is 17.3. The average molecular weight is 711 g/mol. The molecule has 0 amide bonds. The van der Waals surface area contributed by atoms with Crippen LogP contribution in [0.3, 0.4) is 0 Å². The molecule has 270 valence electrons. The van der Waals surface area contributed by atoms with E-state index in [1.165, 1.54) is 18.2 Å². The second-order valence-electron chi connectivity index (χ2n) is 13.9. The topological polar surface area (TPSA) is 225 Å². The van der Waals surface area contributed by atoms with E-state index in [1.54, 1.807) is 84.9 Å². The van der Waals surface area contributed by atoms with Crippen molar-refractivity contribution >= 4 is 0 Å². The monoisotopic (exact) mass is 710 g/mol. The van der Waals surface area contributed by atoms with Gasteiger partial charge < -0.3 is 53.6 Å². The molecule has 0 fully saturated rings. The highest BCUT2D eigenvalue weighted by molar-refractivity contribution is 5.54. The molecule has 53 heavy (non-hydrogen) atoms. The highest BCUT2D eigenvalue weighted by Crippen LogP contribution is 2.40. The first kappa shape index (κ1) is 35.4. The van der Waals surface area contributed by atoms with E-state index in [1.807, 2.05) is 13.0 Å². The van der Waals surface area contributed by atoms with Crippen LogP contribution in [0, 0.1) is 0 Å². The Balaban J connectivity index is 1.41. The SMILES string of the molecule is CC1c2ccc(O)c(c2)Cc2ccc(O)c(c2)C(N)c2ccc(O)c(c2)C(N)c2ccc(O)c(c2)C(N)c2ccc(O)c(c2)C(N)c2ccc(O)c1c2. The molecule has 1 aliphatic carbocycles. The minimum absolute atomic E-state index is 0.0173. The van der Waals surface area contributed by atoms with E-state index in [9.17, 15) is 30.6 Å². The molecule has 0 aliphatic heterocycles. The summed E-state index contributed by atoms with van der Waals surface area (Å²) in [5, 5.41) is 65.8. The van der Waals surface area contributed by atoms with Crippen LogP contribution in [-0.4, -0.2) is 30.6 Å². The lowest BCUT2D eigenvalue weighted by Gasteiger charge is -2.23. The number of nitrogens with two attached hydrogens (primary N) is 4. The van der Waals surface area contributed by atoms with Crippen molar-refractivity contribution in [2.24, 2.45) is 22.9 Å². The lowest BCUT2D eigenvalue weighted by Crippen LogP contribution is -2.18. The third kappa shape index (κ3) is 6.61. The van der Waals surface area contributed by atoms with Gasteiger partial charge in [-0.3, -0.25) is 0 Å². The molecule has 0 saturated carbocycles. The molecular formula is C43H42N4O6. The molecule has 0 aromatic heterocycles. The van der Waals surface area contributed by atoms with Gasteiger partial charge in [0, 0.05) is 40.2 Å². The maximum absolute atomic E-state index is 11.0. The summed E-state index contributed by atoms with van der Waals surface area (Å²) in [7, 11) is 0. The fourth-order valence-electron chi connectivity index (χ4n) is 7.26. The van der Waals surface area contributed by atoms with Crippen LogP contribution < -0.4 is 22.9 Å². The van der Waals surface area contributed by atoms with Gasteiger partial charge in [0.2, 0.25) is 0 Å². The Morgan fingerprint density at radius 2 is 0.698 bits per heavy atom. The minimum Gasteiger partial charge on any atom is -0.508 e. The van der Waals surface area contributed by atoms with Gasteiger partial charge in [-0.25, -0.2) is 0 Å². The summed E-state index contributed by atoms with van der Waals surface area (Å²) in [5.41, 5.74) is 33.8. The van der Waals surface area contributed by atoms with Crippen LogP contribution in [0.5, 0.6) is 34.5 Å². The van der Waals surface area contributed by atoms with E-state index in [0.717, 1.165) is 11.1 Å². The summed E-state index contributed by atoms with van der Waals surface area (Å²) in [6, 6.07) is 26.7. The number of benzene rings is 6. The predicted octanol–water partition coefficient (Wildman–Crippen LogP) is 6.17. The van der Waals surface area contributed by atoms with Crippen molar-refractivity contribution in [1.29, 1.82) is 0 Å². The van der Waals surface area contributed by atoms with E-state index in [4.69, 9.17) is 22.9 Å². The fraction of sp³-hybridized carbons (Fsp3) is 0.163. The molecule has 14 N–H and O–H groups in total. The largest absolute Gasteiger partial charge is 0.508 e. The zero-order valence-electron chi connectivity index (χ0n) is 29.0. The average Bonchev–Trinajstić information content (AvgIpc) is 3.15. The van der Waals surface area contributed by atoms with Gasteiger partial charge in [-0.05, 0) is 106 Å². The maximum atomic E-state index is 11.0. The lowest BCUT2D eigenvalue weighted by atomic mass is 9.86. The van der Waals surface area contributed by atoms with Gasteiger partial charge in [-0.1, -0.05) is 49.4 Å². The van der Waals surface area contributed by atoms with Gasteiger partial charge in [0.1, 0.15) is 34.5 Å². The molecule has 10 heteroatoms. The van der Waals surface area contributed by atoms with Crippen molar-refractivity contribution in [3.8, 4) is 34.5 Å². The Morgan fingerprint density at radius 1 is 0.377 bits per heavy atom. The molecule has 0 saturated heterocycles. The Morgan fingerprint density at radius 3 is 1.13 bits per heavy atom. The summed E-state index contributed by atoms with van der Waals surface area (Å²) >= 11 is 0. The summed E-state index contributed by atoms with van der Waals surface area (Å²) < 4.78 is 0. The van der Waals surface area contributed by atoms with E-state index in [2.05, 4.69) is 0 Å². The zero-order valence-corrected chi connectivity index (χ0v) is 29.0. The molecule has 0 radical (unpaired) electrons. The van der Waals surface area contributed by atoms with Crippen molar-refractivity contribution in [1.82, 2.24) is 0 Å². The normalized spacial score (nSPS) is 20.0. The number of hydrogen-bond acceptors (Lipinski definition) is 10. The van der Waals surface area contributed by atoms with Gasteiger partial charge in [-0.15, -0.1) is 0 Å². The van der Waals surface area contributed by atoms with Crippen LogP contribution in [0.25, 0.3) is 0 Å². The molecule has 5 atom stereocenters. The van der Waals surface area contributed by atoms with Gasteiger partial charge in [0.15, 0.2) is 0 Å². The van der Waals surface area contributed by atoms with Crippen molar-refractivity contribution in [3.63, 3.8) is 0 Å². The Hall–Kier alpha value is -6.04. The zero-order chi connectivity index (χ0) is 37.7. The molecule has 0 spiro atoms. The second kappa shape index (κ2) is 13.8. The number of aromatic hydroxyl groups is 6. The second-order valence-corrected chi connectivity index (χ2v) is 13.9. The van der Waals surface area contributed by atoms with Gasteiger partial charge in [-0.2, -0.15) is 0 Å². The smallest absolute Gasteiger partial charge is 0.120 e. The third-order valence-corrected chi connectivity index (χ3v) is 10.5. The molecule has 1 aliphatic rings. The summed E-state index contributed by atoms with van der Waals surface area (Å²) in [6.07, 6.45) is 0.315. The molecule has 10 nitrogen and oxygen atoms in total. The van der Waals surface area contributed by atoms with E-state index >= 15 is 0 Å². The van der Waals surface area contributed by atoms with Gasteiger partial charge >= 0.3 is 0 Å². The number of hydrogen-bond donors (Lipinski definition) is 10. The van der Waals surface area contributed by atoms with Crippen molar-refractivity contribution in [2.45, 2.75) is 43.4 Å². The Labute approximate surface area is 306 Å². The lowest BCUT2D eigenvalue weighted by molar-refractivity contribution is 0.462. The maximum Gasteiger partial charge on any atom is 0.120 e. The van der Waals surface area contributed by atoms with Crippen LogP contribution in [0.2, 0.25) is 0 Å². The van der Waals surface area contributed by atoms with Crippen LogP contribution in [0.15, 0.2) is 109 Å². The Bertz CT molecular complexity index is 2360. The van der Waals surface area contributed by atoms with Gasteiger partial charge in [0.25, 0.3) is 0 Å². The molecule has 6 aromatic carbocycles. The molecule has 6 aromatic rings. The molecule has 0 heterocycles. The quantitative estimate of drug-likeness (QED) is 0.0863. The molecule has 12 bridgehead atoms. The van der Waals surface area contributed by atoms with E-state index < -0.39 is 24.2 Å². The van der Waals surface area contributed by atoms with Crippen LogP contribution >= 0.6 is 0 Å². The number of rotatable bonds is 0. The van der Waals surface area contributed by atoms with Crippen LogP contribution in [-0.2, 0) is 6.42 Å². The fourth-order valence-corrected chi connectivity index (χ4v) is 7.26. The molecule has 7 rings (SSSR count). The highest BCUT2D eigenvalue weighted by Gasteiger charge is 2.24. The molecular weight excluding hydrogens is 668 g/mol. The first-order chi connectivity index (χ1) is 25.3. The number of phenols is 6. The Kier molecular flexibility index (Phi) is 9.23. The summed E-state index contributed by atoms with van der Waals surface area (Å²) in [4.78, 5) is 0. The van der Waals surface area contributed by atoms with Gasteiger partial charge in [0.05, 0.1) is 24.2 Å². The van der Waals surface area contributed by atoms with Crippen LogP contribution in [0.1, 0.15) is 104 Å². The predicted molar refractivity (Wildman–Crippen MR) is 203 cm³/mol. The van der Waals surface area contributed by atoms with Crippen LogP contribution in [0.4, 0.5) is 0 Å². The van der Waals surface area contributed by atoms with E-state index in [-0.39, 0.29) is 40.4 Å². The number of fused-ring (bicyclic) bond motifs is 12. The van der Waals surface area contributed by atoms with Crippen molar-refractivity contribution in [2.75, 3.05) is 0 Å². The number of phenolic OH excluding ortho intramolecular Hbond substituents is 6. The third-order valence-electron chi connectivity index (χ3n) is 10.5. The van der Waals surface area contributed by atoms with Crippen molar-refractivity contribution < 1.29 is 30.6 Å². The van der Waals surface area contributed by atoms with E-state index in [0.29, 0.717) is 62.1 Å². The first-order valence-corrected chi connectivity index (χ1v) is 17.3. The van der Waals surface area contributed by atoms with Crippen molar-refractivity contribution in [3.05, 3.63) is 176 Å². The summed E-state index contributed by atoms with van der Waals surface area (Å²) in [6.45, 7) is 1.94. The standard InChI is InChI=1S/C43H42N4O6/c1-21-23-3-9-34(48)28(16-23)14-22-2-8-36(50)30(15-22)40(44)25-5-11-38(52)32(18-25)42(46)27-7-13-39(53)33(20-27)43(47)26-6-12-37(51)31(19-26)41(45)24-4-10-35(49)29(21)17-24/h2-13,15-21,40-43,48-53H,14,44-47H2,1H3. The highest BCUT2D eigenvalue weighted by atomic mass is 16.3. The summed E-state index contributed by atoms with van der Waals surface area (Å²) in [5.74, 6) is -0.376.